The van der Waals surface area contributed by atoms with Crippen LogP contribution in [0.3, 0.4) is 0 Å². The Morgan fingerprint density at radius 3 is 2.38 bits per heavy atom. The van der Waals surface area contributed by atoms with Crippen LogP contribution in [0.15, 0.2) is 18.2 Å². The van der Waals surface area contributed by atoms with Gasteiger partial charge in [-0.15, -0.1) is 11.3 Å². The molecule has 112 valence electrons. The molecule has 0 amide bonds. The van der Waals surface area contributed by atoms with Gasteiger partial charge in [0, 0.05) is 11.6 Å². The molecule has 0 aliphatic carbocycles. The van der Waals surface area contributed by atoms with Gasteiger partial charge < -0.3 is 5.32 Å². The van der Waals surface area contributed by atoms with Crippen LogP contribution < -0.4 is 5.32 Å². The average molecular weight is 345 g/mol. The molecule has 1 atom stereocenters. The van der Waals surface area contributed by atoms with E-state index < -0.39 is 0 Å². The molecule has 2 rings (SSSR count). The molecule has 2 aromatic rings. The third-order valence-corrected chi connectivity index (χ3v) is 4.85. The molecule has 1 heterocycles. The van der Waals surface area contributed by atoms with Crippen molar-refractivity contribution in [2.45, 2.75) is 26.8 Å². The molecule has 4 nitrogen and oxygen atoms in total. The molecule has 1 aromatic heterocycles. The molecule has 1 aromatic carbocycles. The van der Waals surface area contributed by atoms with Crippen molar-refractivity contribution >= 4 is 45.9 Å². The number of halogens is 2. The molecule has 0 saturated carbocycles. The maximum absolute atomic E-state index is 11.2. The van der Waals surface area contributed by atoms with Gasteiger partial charge in [0.15, 0.2) is 0 Å². The molecule has 7 heteroatoms. The summed E-state index contributed by atoms with van der Waals surface area (Å²) in [4.78, 5) is 10.8. The van der Waals surface area contributed by atoms with Crippen LogP contribution in [0, 0.1) is 24.0 Å². The van der Waals surface area contributed by atoms with Crippen LogP contribution in [0.25, 0.3) is 0 Å². The fraction of sp³-hybridized carbons (Fsp3) is 0.286. The Balaban J connectivity index is 2.36. The van der Waals surface area contributed by atoms with Gasteiger partial charge in [-0.25, -0.2) is 0 Å². The van der Waals surface area contributed by atoms with E-state index in [0.717, 1.165) is 16.7 Å². The largest absolute Gasteiger partial charge is 0.373 e. The van der Waals surface area contributed by atoms with Gasteiger partial charge in [0.05, 0.1) is 19.6 Å². The average Bonchev–Trinajstić information content (AvgIpc) is 2.72. The summed E-state index contributed by atoms with van der Waals surface area (Å²) in [5.41, 5.74) is 3.25. The van der Waals surface area contributed by atoms with Crippen molar-refractivity contribution in [3.63, 3.8) is 0 Å². The Hall–Kier alpha value is -1.30. The van der Waals surface area contributed by atoms with Gasteiger partial charge in [-0.2, -0.15) is 0 Å². The van der Waals surface area contributed by atoms with Crippen molar-refractivity contribution in [2.75, 3.05) is 5.32 Å². The third kappa shape index (κ3) is 3.48. The highest BCUT2D eigenvalue weighted by Gasteiger charge is 2.19. The fourth-order valence-electron chi connectivity index (χ4n) is 2.03. The van der Waals surface area contributed by atoms with Gasteiger partial charge in [-0.1, -0.05) is 23.2 Å². The first-order chi connectivity index (χ1) is 9.79. The second-order valence-electron chi connectivity index (χ2n) is 4.86. The predicted molar refractivity (Wildman–Crippen MR) is 88.9 cm³/mol. The topological polar surface area (TPSA) is 55.2 Å². The molecular weight excluding hydrogens is 331 g/mol. The SMILES string of the molecule is Cc1cc(NC(C)c2cc(Cl)sc2Cl)c([N+](=O)[O-])cc1C. The molecule has 0 bridgehead atoms. The highest BCUT2D eigenvalue weighted by molar-refractivity contribution is 7.20. The number of benzene rings is 1. The smallest absolute Gasteiger partial charge is 0.292 e. The van der Waals surface area contributed by atoms with E-state index in [9.17, 15) is 10.1 Å². The van der Waals surface area contributed by atoms with Gasteiger partial charge in [0.2, 0.25) is 0 Å². The molecule has 0 fully saturated rings. The Labute approximate surface area is 136 Å². The minimum atomic E-state index is -0.385. The number of nitrogens with zero attached hydrogens (tertiary/aromatic N) is 1. The van der Waals surface area contributed by atoms with Gasteiger partial charge >= 0.3 is 0 Å². The van der Waals surface area contributed by atoms with Crippen molar-refractivity contribution in [3.8, 4) is 0 Å². The van der Waals surface area contributed by atoms with E-state index in [2.05, 4.69) is 5.32 Å². The third-order valence-electron chi connectivity index (χ3n) is 3.33. The van der Waals surface area contributed by atoms with E-state index in [-0.39, 0.29) is 16.7 Å². The lowest BCUT2D eigenvalue weighted by atomic mass is 10.1. The summed E-state index contributed by atoms with van der Waals surface area (Å²) >= 11 is 13.3. The summed E-state index contributed by atoms with van der Waals surface area (Å²) in [7, 11) is 0. The minimum Gasteiger partial charge on any atom is -0.373 e. The molecule has 1 N–H and O–H groups in total. The first-order valence-electron chi connectivity index (χ1n) is 6.26. The van der Waals surface area contributed by atoms with Crippen molar-refractivity contribution in [2.24, 2.45) is 0 Å². The van der Waals surface area contributed by atoms with Crippen LogP contribution >= 0.6 is 34.5 Å². The van der Waals surface area contributed by atoms with E-state index in [1.54, 1.807) is 18.2 Å². The van der Waals surface area contributed by atoms with E-state index in [1.165, 1.54) is 11.3 Å². The van der Waals surface area contributed by atoms with Crippen LogP contribution in [-0.2, 0) is 0 Å². The number of hydrogen-bond acceptors (Lipinski definition) is 4. The van der Waals surface area contributed by atoms with Crippen molar-refractivity contribution in [1.29, 1.82) is 0 Å². The number of hydrogen-bond donors (Lipinski definition) is 1. The van der Waals surface area contributed by atoms with Crippen LogP contribution in [0.2, 0.25) is 8.67 Å². The lowest BCUT2D eigenvalue weighted by Crippen LogP contribution is -2.08. The predicted octanol–water partition coefficient (Wildman–Crippen LogP) is 5.75. The molecule has 21 heavy (non-hydrogen) atoms. The number of aryl methyl sites for hydroxylation is 2. The number of rotatable bonds is 4. The maximum Gasteiger partial charge on any atom is 0.292 e. The first kappa shape index (κ1) is 16.1. The summed E-state index contributed by atoms with van der Waals surface area (Å²) in [5.74, 6) is 0. The van der Waals surface area contributed by atoms with Crippen molar-refractivity contribution in [1.82, 2.24) is 0 Å². The molecule has 1 unspecified atom stereocenters. The lowest BCUT2D eigenvalue weighted by Gasteiger charge is -2.16. The molecular formula is C14H14Cl2N2O2S. The van der Waals surface area contributed by atoms with Gasteiger partial charge in [0.25, 0.3) is 5.69 Å². The quantitative estimate of drug-likeness (QED) is 0.567. The van der Waals surface area contributed by atoms with E-state index >= 15 is 0 Å². The second-order valence-corrected chi connectivity index (χ2v) is 7.14. The normalized spacial score (nSPS) is 12.2. The van der Waals surface area contributed by atoms with E-state index in [4.69, 9.17) is 23.2 Å². The summed E-state index contributed by atoms with van der Waals surface area (Å²) in [6.07, 6.45) is 0. The molecule has 0 radical (unpaired) electrons. The Bertz CT molecular complexity index is 701. The Morgan fingerprint density at radius 2 is 1.86 bits per heavy atom. The highest BCUT2D eigenvalue weighted by Crippen LogP contribution is 2.37. The second kappa shape index (κ2) is 6.22. The summed E-state index contributed by atoms with van der Waals surface area (Å²) in [6.45, 7) is 5.66. The van der Waals surface area contributed by atoms with E-state index in [0.29, 0.717) is 14.4 Å². The molecule has 0 aliphatic heterocycles. The van der Waals surface area contributed by atoms with Gasteiger partial charge in [0.1, 0.15) is 5.69 Å². The number of nitrogens with one attached hydrogen (secondary N) is 1. The first-order valence-corrected chi connectivity index (χ1v) is 7.83. The number of anilines is 1. The number of thiophene rings is 1. The molecule has 0 saturated heterocycles. The lowest BCUT2D eigenvalue weighted by molar-refractivity contribution is -0.384. The van der Waals surface area contributed by atoms with E-state index in [1.807, 2.05) is 20.8 Å². The Morgan fingerprint density at radius 1 is 1.24 bits per heavy atom. The van der Waals surface area contributed by atoms with Crippen molar-refractivity contribution in [3.05, 3.63) is 53.7 Å². The van der Waals surface area contributed by atoms with Crippen LogP contribution in [-0.4, -0.2) is 4.92 Å². The van der Waals surface area contributed by atoms with Gasteiger partial charge in [-0.05, 0) is 44.0 Å². The zero-order chi connectivity index (χ0) is 15.7. The molecule has 0 spiro atoms. The van der Waals surface area contributed by atoms with Crippen LogP contribution in [0.1, 0.15) is 29.7 Å². The monoisotopic (exact) mass is 344 g/mol. The Kier molecular flexibility index (Phi) is 4.76. The summed E-state index contributed by atoms with van der Waals surface area (Å²) in [5, 5.41) is 14.3. The molecule has 0 aliphatic rings. The summed E-state index contributed by atoms with van der Waals surface area (Å²) in [6, 6.07) is 4.96. The zero-order valence-electron chi connectivity index (χ0n) is 11.7. The van der Waals surface area contributed by atoms with Crippen LogP contribution in [0.5, 0.6) is 0 Å². The van der Waals surface area contributed by atoms with Gasteiger partial charge in [-0.3, -0.25) is 10.1 Å². The van der Waals surface area contributed by atoms with Crippen LogP contribution in [0.4, 0.5) is 11.4 Å². The number of nitro groups is 1. The minimum absolute atomic E-state index is 0.0578. The fourth-order valence-corrected chi connectivity index (χ4v) is 3.67. The highest BCUT2D eigenvalue weighted by atomic mass is 35.5. The maximum atomic E-state index is 11.2. The van der Waals surface area contributed by atoms with Crippen molar-refractivity contribution < 1.29 is 4.92 Å². The number of nitro benzene ring substituents is 1. The standard InChI is InChI=1S/C14H14Cl2N2O2S/c1-7-4-11(12(18(19)20)5-8(7)2)17-9(3)10-6-13(15)21-14(10)16/h4-6,9,17H,1-3H3. The summed E-state index contributed by atoms with van der Waals surface area (Å²) < 4.78 is 1.18. The zero-order valence-corrected chi connectivity index (χ0v) is 14.1.